The summed E-state index contributed by atoms with van der Waals surface area (Å²) >= 11 is 0. The fourth-order valence-corrected chi connectivity index (χ4v) is 2.86. The van der Waals surface area contributed by atoms with E-state index in [1.807, 2.05) is 0 Å². The fraction of sp³-hybridized carbons (Fsp3) is 0.714. The number of nitrogens with zero attached hydrogens (tertiary/aromatic N) is 1. The highest BCUT2D eigenvalue weighted by Crippen LogP contribution is 2.35. The van der Waals surface area contributed by atoms with Crippen molar-refractivity contribution in [3.8, 4) is 0 Å². The van der Waals surface area contributed by atoms with Crippen molar-refractivity contribution in [3.05, 3.63) is 23.5 Å². The maximum Gasteiger partial charge on any atom is 0.0429 e. The quantitative estimate of drug-likeness (QED) is 0.805. The zero-order chi connectivity index (χ0) is 11.8. The SMILES string of the molecule is Cc1ccc(C)n1NC1CCCC(C)(C)C1. The second kappa shape index (κ2) is 4.15. The molecule has 0 amide bonds. The van der Waals surface area contributed by atoms with Gasteiger partial charge in [-0.1, -0.05) is 20.3 Å². The summed E-state index contributed by atoms with van der Waals surface area (Å²) in [5, 5.41) is 0. The molecule has 0 aliphatic heterocycles. The maximum atomic E-state index is 3.67. The lowest BCUT2D eigenvalue weighted by molar-refractivity contribution is 0.222. The first-order chi connectivity index (χ1) is 7.48. The molecule has 1 aliphatic rings. The molecule has 2 heteroatoms. The zero-order valence-corrected chi connectivity index (χ0v) is 11.0. The van der Waals surface area contributed by atoms with Crippen molar-refractivity contribution in [3.63, 3.8) is 0 Å². The van der Waals surface area contributed by atoms with Crippen LogP contribution in [0.2, 0.25) is 0 Å². The molecule has 1 unspecified atom stereocenters. The van der Waals surface area contributed by atoms with E-state index in [2.05, 4.69) is 49.9 Å². The Kier molecular flexibility index (Phi) is 3.00. The van der Waals surface area contributed by atoms with E-state index >= 15 is 0 Å². The average molecular weight is 220 g/mol. The van der Waals surface area contributed by atoms with E-state index < -0.39 is 0 Å². The normalized spacial score (nSPS) is 24.4. The molecule has 0 bridgehead atoms. The minimum atomic E-state index is 0.505. The number of aromatic nitrogens is 1. The predicted octanol–water partition coefficient (Wildman–Crippen LogP) is 3.62. The summed E-state index contributed by atoms with van der Waals surface area (Å²) in [6.07, 6.45) is 5.31. The van der Waals surface area contributed by atoms with Gasteiger partial charge in [0, 0.05) is 17.4 Å². The number of rotatable bonds is 2. The summed E-state index contributed by atoms with van der Waals surface area (Å²) in [4.78, 5) is 0. The standard InChI is InChI=1S/C14H24N2/c1-11-7-8-12(2)16(11)15-13-6-5-9-14(3,4)10-13/h7-8,13,15H,5-6,9-10H2,1-4H3. The van der Waals surface area contributed by atoms with Gasteiger partial charge in [-0.3, -0.25) is 4.68 Å². The van der Waals surface area contributed by atoms with Crippen LogP contribution in [0.3, 0.4) is 0 Å². The Hall–Kier alpha value is -0.920. The van der Waals surface area contributed by atoms with Crippen molar-refractivity contribution < 1.29 is 0 Å². The Morgan fingerprint density at radius 1 is 1.25 bits per heavy atom. The molecule has 1 heterocycles. The van der Waals surface area contributed by atoms with Gasteiger partial charge < -0.3 is 5.43 Å². The van der Waals surface area contributed by atoms with Crippen molar-refractivity contribution in [1.29, 1.82) is 0 Å². The number of hydrogen-bond acceptors (Lipinski definition) is 1. The first-order valence-corrected chi connectivity index (χ1v) is 6.39. The van der Waals surface area contributed by atoms with Crippen molar-refractivity contribution in [2.75, 3.05) is 5.43 Å². The highest BCUT2D eigenvalue weighted by Gasteiger charge is 2.28. The molecule has 0 spiro atoms. The van der Waals surface area contributed by atoms with Gasteiger partial charge in [0.2, 0.25) is 0 Å². The largest absolute Gasteiger partial charge is 0.323 e. The molecular formula is C14H24N2. The number of nitrogens with one attached hydrogen (secondary N) is 1. The molecule has 2 nitrogen and oxygen atoms in total. The van der Waals surface area contributed by atoms with Crippen LogP contribution >= 0.6 is 0 Å². The third-order valence-electron chi connectivity index (χ3n) is 3.79. The molecule has 2 rings (SSSR count). The second-order valence-electron chi connectivity index (χ2n) is 6.04. The lowest BCUT2D eigenvalue weighted by atomic mass is 9.75. The van der Waals surface area contributed by atoms with Crippen LogP contribution in [0.4, 0.5) is 0 Å². The third kappa shape index (κ3) is 2.42. The van der Waals surface area contributed by atoms with Crippen LogP contribution in [0.1, 0.15) is 50.9 Å². The molecule has 16 heavy (non-hydrogen) atoms. The summed E-state index contributed by atoms with van der Waals surface area (Å²) in [6.45, 7) is 9.09. The predicted molar refractivity (Wildman–Crippen MR) is 69.3 cm³/mol. The van der Waals surface area contributed by atoms with Crippen LogP contribution in [0.25, 0.3) is 0 Å². The van der Waals surface area contributed by atoms with Gasteiger partial charge in [-0.05, 0) is 50.7 Å². The fourth-order valence-electron chi connectivity index (χ4n) is 2.86. The zero-order valence-electron chi connectivity index (χ0n) is 11.0. The molecule has 0 aromatic carbocycles. The lowest BCUT2D eigenvalue weighted by Crippen LogP contribution is -2.36. The maximum absolute atomic E-state index is 3.67. The summed E-state index contributed by atoms with van der Waals surface area (Å²) in [6, 6.07) is 4.99. The van der Waals surface area contributed by atoms with Crippen LogP contribution in [-0.2, 0) is 0 Å². The first-order valence-electron chi connectivity index (χ1n) is 6.39. The Morgan fingerprint density at radius 2 is 1.88 bits per heavy atom. The topological polar surface area (TPSA) is 17.0 Å². The Bertz CT molecular complexity index is 343. The molecular weight excluding hydrogens is 196 g/mol. The molecule has 1 aliphatic carbocycles. The van der Waals surface area contributed by atoms with Crippen LogP contribution in [0.15, 0.2) is 12.1 Å². The summed E-state index contributed by atoms with van der Waals surface area (Å²) in [7, 11) is 0. The van der Waals surface area contributed by atoms with Crippen molar-refractivity contribution >= 4 is 0 Å². The molecule has 0 radical (unpaired) electrons. The molecule has 1 N–H and O–H groups in total. The van der Waals surface area contributed by atoms with Crippen molar-refractivity contribution in [1.82, 2.24) is 4.68 Å². The van der Waals surface area contributed by atoms with Crippen LogP contribution < -0.4 is 5.43 Å². The molecule has 1 saturated carbocycles. The van der Waals surface area contributed by atoms with Gasteiger partial charge in [0.15, 0.2) is 0 Å². The van der Waals surface area contributed by atoms with Gasteiger partial charge in [-0.15, -0.1) is 0 Å². The van der Waals surface area contributed by atoms with E-state index in [-0.39, 0.29) is 0 Å². The van der Waals surface area contributed by atoms with Gasteiger partial charge in [-0.2, -0.15) is 0 Å². The monoisotopic (exact) mass is 220 g/mol. The van der Waals surface area contributed by atoms with E-state index in [4.69, 9.17) is 0 Å². The summed E-state index contributed by atoms with van der Waals surface area (Å²) < 4.78 is 2.24. The number of aryl methyl sites for hydroxylation is 2. The average Bonchev–Trinajstić information content (AvgIpc) is 2.48. The van der Waals surface area contributed by atoms with Gasteiger partial charge in [-0.25, -0.2) is 0 Å². The minimum Gasteiger partial charge on any atom is -0.323 e. The first kappa shape index (κ1) is 11.6. The van der Waals surface area contributed by atoms with Crippen molar-refractivity contribution in [2.24, 2.45) is 5.41 Å². The second-order valence-corrected chi connectivity index (χ2v) is 6.04. The van der Waals surface area contributed by atoms with Crippen LogP contribution in [0.5, 0.6) is 0 Å². The highest BCUT2D eigenvalue weighted by molar-refractivity contribution is 5.16. The Morgan fingerprint density at radius 3 is 2.44 bits per heavy atom. The lowest BCUT2D eigenvalue weighted by Gasteiger charge is -2.36. The third-order valence-corrected chi connectivity index (χ3v) is 3.79. The summed E-state index contributed by atoms with van der Waals surface area (Å²) in [5.74, 6) is 0. The van der Waals surface area contributed by atoms with Gasteiger partial charge in [0.05, 0.1) is 0 Å². The van der Waals surface area contributed by atoms with E-state index in [9.17, 15) is 0 Å². The molecule has 0 saturated heterocycles. The van der Waals surface area contributed by atoms with Gasteiger partial charge >= 0.3 is 0 Å². The Labute approximate surface area is 99.0 Å². The Balaban J connectivity index is 2.05. The molecule has 1 fully saturated rings. The molecule has 1 atom stereocenters. The smallest absolute Gasteiger partial charge is 0.0429 e. The van der Waals surface area contributed by atoms with Crippen molar-refractivity contribution in [2.45, 2.75) is 59.4 Å². The van der Waals surface area contributed by atoms with Gasteiger partial charge in [0.1, 0.15) is 0 Å². The summed E-state index contributed by atoms with van der Waals surface area (Å²) in [5.41, 5.74) is 6.79. The highest BCUT2D eigenvalue weighted by atomic mass is 15.4. The van der Waals surface area contributed by atoms with E-state index in [0.717, 1.165) is 0 Å². The van der Waals surface area contributed by atoms with E-state index in [1.165, 1.54) is 37.1 Å². The van der Waals surface area contributed by atoms with Crippen LogP contribution in [-0.4, -0.2) is 10.7 Å². The van der Waals surface area contributed by atoms with E-state index in [1.54, 1.807) is 0 Å². The number of hydrogen-bond donors (Lipinski definition) is 1. The molecule has 90 valence electrons. The van der Waals surface area contributed by atoms with E-state index in [0.29, 0.717) is 11.5 Å². The van der Waals surface area contributed by atoms with Crippen LogP contribution in [0, 0.1) is 19.3 Å². The minimum absolute atomic E-state index is 0.505. The molecule has 1 aromatic rings. The molecule has 1 aromatic heterocycles. The van der Waals surface area contributed by atoms with Gasteiger partial charge in [0.25, 0.3) is 0 Å².